The van der Waals surface area contributed by atoms with Crippen LogP contribution in [-0.4, -0.2) is 38.4 Å². The van der Waals surface area contributed by atoms with Gasteiger partial charge in [0, 0.05) is 25.7 Å². The van der Waals surface area contributed by atoms with Crippen molar-refractivity contribution in [2.45, 2.75) is 51.6 Å². The Kier molecular flexibility index (Phi) is 5.21. The molecule has 1 aromatic carbocycles. The number of carbonyl (C=O) groups is 1. The van der Waals surface area contributed by atoms with E-state index in [2.05, 4.69) is 30.0 Å². The molecule has 0 atom stereocenters. The van der Waals surface area contributed by atoms with Gasteiger partial charge in [-0.2, -0.15) is 0 Å². The predicted octanol–water partition coefficient (Wildman–Crippen LogP) is 3.42. The van der Waals surface area contributed by atoms with Crippen LogP contribution < -0.4 is 4.90 Å². The summed E-state index contributed by atoms with van der Waals surface area (Å²) >= 11 is 0. The molecule has 4 heteroatoms. The average molecular weight is 317 g/mol. The Morgan fingerprint density at radius 1 is 1.17 bits per heavy atom. The predicted molar refractivity (Wildman–Crippen MR) is 91.0 cm³/mol. The third kappa shape index (κ3) is 3.86. The highest BCUT2D eigenvalue weighted by molar-refractivity contribution is 5.66. The van der Waals surface area contributed by atoms with E-state index in [0.717, 1.165) is 52.0 Å². The molecular formula is C19H27NO3. The van der Waals surface area contributed by atoms with Crippen molar-refractivity contribution in [3.63, 3.8) is 0 Å². The first kappa shape index (κ1) is 16.3. The molecule has 4 nitrogen and oxygen atoms in total. The number of morpholine rings is 1. The molecule has 2 aliphatic rings. The molecule has 0 spiro atoms. The first-order valence-corrected chi connectivity index (χ1v) is 8.74. The summed E-state index contributed by atoms with van der Waals surface area (Å²) in [5.74, 6) is 0.432. The summed E-state index contributed by atoms with van der Waals surface area (Å²) in [6.45, 7) is 7.33. The number of esters is 1. The van der Waals surface area contributed by atoms with Crippen molar-refractivity contribution in [1.29, 1.82) is 0 Å². The van der Waals surface area contributed by atoms with Crippen molar-refractivity contribution in [3.8, 4) is 0 Å². The van der Waals surface area contributed by atoms with E-state index in [1.807, 2.05) is 0 Å². The lowest BCUT2D eigenvalue weighted by molar-refractivity contribution is -0.147. The molecule has 0 unspecified atom stereocenters. The molecule has 1 aromatic rings. The van der Waals surface area contributed by atoms with Crippen LogP contribution in [0.25, 0.3) is 0 Å². The Morgan fingerprint density at radius 2 is 1.87 bits per heavy atom. The van der Waals surface area contributed by atoms with Crippen molar-refractivity contribution in [2.24, 2.45) is 0 Å². The van der Waals surface area contributed by atoms with Gasteiger partial charge in [0.05, 0.1) is 13.2 Å². The van der Waals surface area contributed by atoms with Gasteiger partial charge in [-0.1, -0.05) is 12.1 Å². The number of ether oxygens (including phenoxy) is 2. The molecule has 0 amide bonds. The fraction of sp³-hybridized carbons (Fsp3) is 0.632. The Balaban J connectivity index is 1.70. The monoisotopic (exact) mass is 317 g/mol. The minimum Gasteiger partial charge on any atom is -0.463 e. The minimum atomic E-state index is -0.154. The molecule has 1 heterocycles. The third-order valence-electron chi connectivity index (χ3n) is 5.15. The molecule has 23 heavy (non-hydrogen) atoms. The lowest BCUT2D eigenvalue weighted by Gasteiger charge is -2.33. The van der Waals surface area contributed by atoms with E-state index in [9.17, 15) is 4.79 Å². The summed E-state index contributed by atoms with van der Waals surface area (Å²) in [5, 5.41) is 0. The standard InChI is InChI=1S/C19H27NO3/c1-14-18(16-6-8-17(9-7-16)23-15(2)21)4-3-5-19(14)20-10-12-22-13-11-20/h3-5,16-17H,6-13H2,1-2H3. The number of rotatable bonds is 3. The topological polar surface area (TPSA) is 38.8 Å². The van der Waals surface area contributed by atoms with Crippen LogP contribution in [0.5, 0.6) is 0 Å². The lowest BCUT2D eigenvalue weighted by Crippen LogP contribution is -2.36. The van der Waals surface area contributed by atoms with Gasteiger partial charge in [-0.15, -0.1) is 0 Å². The van der Waals surface area contributed by atoms with Crippen LogP contribution in [-0.2, 0) is 14.3 Å². The maximum atomic E-state index is 11.1. The zero-order valence-corrected chi connectivity index (χ0v) is 14.2. The second-order valence-electron chi connectivity index (χ2n) is 6.67. The maximum absolute atomic E-state index is 11.1. The molecule has 1 saturated carbocycles. The summed E-state index contributed by atoms with van der Waals surface area (Å²) in [6.07, 6.45) is 4.28. The molecule has 0 radical (unpaired) electrons. The zero-order chi connectivity index (χ0) is 16.2. The van der Waals surface area contributed by atoms with Crippen LogP contribution in [0.2, 0.25) is 0 Å². The number of anilines is 1. The maximum Gasteiger partial charge on any atom is 0.302 e. The van der Waals surface area contributed by atoms with Gasteiger partial charge in [-0.25, -0.2) is 0 Å². The molecule has 0 bridgehead atoms. The van der Waals surface area contributed by atoms with Crippen molar-refractivity contribution in [2.75, 3.05) is 31.2 Å². The van der Waals surface area contributed by atoms with Gasteiger partial charge in [-0.3, -0.25) is 4.79 Å². The summed E-state index contributed by atoms with van der Waals surface area (Å²) in [7, 11) is 0. The molecule has 1 aliphatic carbocycles. The quantitative estimate of drug-likeness (QED) is 0.801. The smallest absolute Gasteiger partial charge is 0.302 e. The van der Waals surface area contributed by atoms with Crippen molar-refractivity contribution in [1.82, 2.24) is 0 Å². The van der Waals surface area contributed by atoms with E-state index in [-0.39, 0.29) is 12.1 Å². The lowest BCUT2D eigenvalue weighted by atomic mass is 9.80. The minimum absolute atomic E-state index is 0.117. The number of nitrogens with zero attached hydrogens (tertiary/aromatic N) is 1. The van der Waals surface area contributed by atoms with Gasteiger partial charge in [-0.05, 0) is 55.7 Å². The molecule has 2 fully saturated rings. The second-order valence-corrected chi connectivity index (χ2v) is 6.67. The van der Waals surface area contributed by atoms with E-state index in [1.165, 1.54) is 23.7 Å². The molecular weight excluding hydrogens is 290 g/mol. The summed E-state index contributed by atoms with van der Waals surface area (Å²) in [4.78, 5) is 13.5. The SMILES string of the molecule is CC(=O)OC1CCC(c2cccc(N3CCOCC3)c2C)CC1. The highest BCUT2D eigenvalue weighted by atomic mass is 16.5. The molecule has 3 rings (SSSR count). The second kappa shape index (κ2) is 7.35. The highest BCUT2D eigenvalue weighted by Gasteiger charge is 2.26. The van der Waals surface area contributed by atoms with Crippen LogP contribution in [0, 0.1) is 6.92 Å². The largest absolute Gasteiger partial charge is 0.463 e. The first-order valence-electron chi connectivity index (χ1n) is 8.74. The van der Waals surface area contributed by atoms with Crippen LogP contribution in [0.15, 0.2) is 18.2 Å². The molecule has 0 N–H and O–H groups in total. The zero-order valence-electron chi connectivity index (χ0n) is 14.2. The van der Waals surface area contributed by atoms with E-state index in [0.29, 0.717) is 5.92 Å². The van der Waals surface area contributed by atoms with E-state index in [1.54, 1.807) is 0 Å². The summed E-state index contributed by atoms with van der Waals surface area (Å²) in [6, 6.07) is 6.69. The number of hydrogen-bond donors (Lipinski definition) is 0. The van der Waals surface area contributed by atoms with Crippen LogP contribution in [0.1, 0.15) is 49.7 Å². The van der Waals surface area contributed by atoms with E-state index >= 15 is 0 Å². The van der Waals surface area contributed by atoms with Gasteiger partial charge in [0.2, 0.25) is 0 Å². The third-order valence-corrected chi connectivity index (χ3v) is 5.15. The van der Waals surface area contributed by atoms with Gasteiger partial charge >= 0.3 is 5.97 Å². The number of carbonyl (C=O) groups excluding carboxylic acids is 1. The normalized spacial score (nSPS) is 25.2. The molecule has 126 valence electrons. The Bertz CT molecular complexity index is 544. The van der Waals surface area contributed by atoms with Gasteiger partial charge in [0.15, 0.2) is 0 Å². The van der Waals surface area contributed by atoms with Crippen LogP contribution >= 0.6 is 0 Å². The van der Waals surface area contributed by atoms with E-state index < -0.39 is 0 Å². The van der Waals surface area contributed by atoms with Crippen molar-refractivity contribution >= 4 is 11.7 Å². The number of hydrogen-bond acceptors (Lipinski definition) is 4. The molecule has 1 aliphatic heterocycles. The Morgan fingerprint density at radius 3 is 2.52 bits per heavy atom. The van der Waals surface area contributed by atoms with Gasteiger partial charge in [0.1, 0.15) is 6.10 Å². The highest BCUT2D eigenvalue weighted by Crippen LogP contribution is 2.38. The molecule has 0 aromatic heterocycles. The first-order chi connectivity index (χ1) is 11.1. The van der Waals surface area contributed by atoms with Crippen LogP contribution in [0.4, 0.5) is 5.69 Å². The Hall–Kier alpha value is -1.55. The van der Waals surface area contributed by atoms with Gasteiger partial charge < -0.3 is 14.4 Å². The van der Waals surface area contributed by atoms with Crippen LogP contribution in [0.3, 0.4) is 0 Å². The average Bonchev–Trinajstić information content (AvgIpc) is 2.56. The van der Waals surface area contributed by atoms with Crippen molar-refractivity contribution < 1.29 is 14.3 Å². The fourth-order valence-electron chi connectivity index (χ4n) is 3.96. The Labute approximate surface area is 138 Å². The van der Waals surface area contributed by atoms with Gasteiger partial charge in [0.25, 0.3) is 0 Å². The van der Waals surface area contributed by atoms with E-state index in [4.69, 9.17) is 9.47 Å². The summed E-state index contributed by atoms with van der Waals surface area (Å²) < 4.78 is 10.8. The number of benzene rings is 1. The summed E-state index contributed by atoms with van der Waals surface area (Å²) in [5.41, 5.74) is 4.23. The molecule has 1 saturated heterocycles. The fourth-order valence-corrected chi connectivity index (χ4v) is 3.96. The van der Waals surface area contributed by atoms with Crippen molar-refractivity contribution in [3.05, 3.63) is 29.3 Å².